The standard InChI is InChI=1S/C13H20N2O4S/c1-18-11-9-13(12(19-2)8-10(11)14)20(16,17)15-6-4-3-5-7-15/h8-9H,3-7,14H2,1-2H3. The van der Waals surface area contributed by atoms with E-state index in [1.54, 1.807) is 0 Å². The number of benzene rings is 1. The summed E-state index contributed by atoms with van der Waals surface area (Å²) in [6, 6.07) is 2.91. The van der Waals surface area contributed by atoms with Gasteiger partial charge in [-0.2, -0.15) is 4.31 Å². The lowest BCUT2D eigenvalue weighted by atomic mass is 10.2. The van der Waals surface area contributed by atoms with Crippen molar-refractivity contribution in [1.29, 1.82) is 0 Å². The predicted molar refractivity (Wildman–Crippen MR) is 76.6 cm³/mol. The van der Waals surface area contributed by atoms with E-state index in [1.165, 1.54) is 30.7 Å². The van der Waals surface area contributed by atoms with Crippen molar-refractivity contribution in [3.63, 3.8) is 0 Å². The molecule has 1 aromatic rings. The highest BCUT2D eigenvalue weighted by atomic mass is 32.2. The number of nitrogens with zero attached hydrogens (tertiary/aromatic N) is 1. The van der Waals surface area contributed by atoms with Crippen molar-refractivity contribution < 1.29 is 17.9 Å². The smallest absolute Gasteiger partial charge is 0.246 e. The summed E-state index contributed by atoms with van der Waals surface area (Å²) in [5.41, 5.74) is 6.13. The molecule has 0 spiro atoms. The molecule has 6 nitrogen and oxygen atoms in total. The van der Waals surface area contributed by atoms with E-state index >= 15 is 0 Å². The summed E-state index contributed by atoms with van der Waals surface area (Å²) in [5.74, 6) is 0.579. The SMILES string of the molecule is COc1cc(S(=O)(=O)N2CCCCC2)c(OC)cc1N. The summed E-state index contributed by atoms with van der Waals surface area (Å²) in [6.45, 7) is 1.08. The Kier molecular flexibility index (Phi) is 4.39. The molecule has 1 fully saturated rings. The molecule has 0 saturated carbocycles. The van der Waals surface area contributed by atoms with Gasteiger partial charge in [0, 0.05) is 25.2 Å². The zero-order valence-electron chi connectivity index (χ0n) is 11.8. The van der Waals surface area contributed by atoms with Crippen molar-refractivity contribution in [3.8, 4) is 11.5 Å². The Morgan fingerprint density at radius 3 is 2.20 bits per heavy atom. The van der Waals surface area contributed by atoms with Gasteiger partial charge in [-0.05, 0) is 12.8 Å². The van der Waals surface area contributed by atoms with Gasteiger partial charge in [-0.25, -0.2) is 8.42 Å². The minimum Gasteiger partial charge on any atom is -0.495 e. The molecule has 0 aromatic heterocycles. The maximum atomic E-state index is 12.7. The first-order chi connectivity index (χ1) is 9.50. The molecule has 20 heavy (non-hydrogen) atoms. The average molecular weight is 300 g/mol. The number of hydrogen-bond donors (Lipinski definition) is 1. The van der Waals surface area contributed by atoms with E-state index in [0.29, 0.717) is 24.5 Å². The molecule has 1 aliphatic heterocycles. The molecule has 1 heterocycles. The van der Waals surface area contributed by atoms with E-state index in [1.807, 2.05) is 0 Å². The van der Waals surface area contributed by atoms with Gasteiger partial charge in [0.15, 0.2) is 0 Å². The first-order valence-electron chi connectivity index (χ1n) is 6.52. The molecule has 0 amide bonds. The van der Waals surface area contributed by atoms with Gasteiger partial charge in [-0.15, -0.1) is 0 Å². The molecule has 1 aromatic carbocycles. The van der Waals surface area contributed by atoms with Gasteiger partial charge in [0.1, 0.15) is 16.4 Å². The number of nitrogen functional groups attached to an aromatic ring is 1. The maximum absolute atomic E-state index is 12.7. The summed E-state index contributed by atoms with van der Waals surface area (Å²) < 4.78 is 37.1. The van der Waals surface area contributed by atoms with Gasteiger partial charge >= 0.3 is 0 Å². The fourth-order valence-corrected chi connectivity index (χ4v) is 4.01. The third-order valence-corrected chi connectivity index (χ3v) is 5.37. The lowest BCUT2D eigenvalue weighted by Gasteiger charge is -2.26. The Bertz CT molecular complexity index is 580. The Labute approximate surface area is 119 Å². The predicted octanol–water partition coefficient (Wildman–Crippen LogP) is 1.46. The summed E-state index contributed by atoms with van der Waals surface area (Å²) in [4.78, 5) is 0.105. The first kappa shape index (κ1) is 14.9. The summed E-state index contributed by atoms with van der Waals surface area (Å²) >= 11 is 0. The largest absolute Gasteiger partial charge is 0.495 e. The van der Waals surface area contributed by atoms with E-state index in [0.717, 1.165) is 19.3 Å². The van der Waals surface area contributed by atoms with Gasteiger partial charge < -0.3 is 15.2 Å². The third kappa shape index (κ3) is 2.69. The second-order valence-electron chi connectivity index (χ2n) is 4.71. The minimum absolute atomic E-state index is 0.105. The van der Waals surface area contributed by atoms with Crippen LogP contribution < -0.4 is 15.2 Å². The average Bonchev–Trinajstić information content (AvgIpc) is 2.47. The van der Waals surface area contributed by atoms with E-state index in [9.17, 15) is 8.42 Å². The molecule has 2 N–H and O–H groups in total. The lowest BCUT2D eigenvalue weighted by molar-refractivity contribution is 0.342. The van der Waals surface area contributed by atoms with Crippen LogP contribution in [0.1, 0.15) is 19.3 Å². The number of ether oxygens (including phenoxy) is 2. The van der Waals surface area contributed by atoms with Crippen LogP contribution in [0, 0.1) is 0 Å². The Hall–Kier alpha value is -1.47. The zero-order chi connectivity index (χ0) is 14.8. The quantitative estimate of drug-likeness (QED) is 0.851. The minimum atomic E-state index is -3.58. The van der Waals surface area contributed by atoms with Crippen molar-refractivity contribution in [1.82, 2.24) is 4.31 Å². The van der Waals surface area contributed by atoms with Gasteiger partial charge in [0.05, 0.1) is 19.9 Å². The van der Waals surface area contributed by atoms with Crippen LogP contribution in [0.2, 0.25) is 0 Å². The number of piperidine rings is 1. The number of nitrogens with two attached hydrogens (primary N) is 1. The molecule has 0 bridgehead atoms. The fourth-order valence-electron chi connectivity index (χ4n) is 2.34. The van der Waals surface area contributed by atoms with Crippen LogP contribution in [-0.2, 0) is 10.0 Å². The summed E-state index contributed by atoms with van der Waals surface area (Å²) in [7, 11) is -0.700. The molecule has 0 radical (unpaired) electrons. The van der Waals surface area contributed by atoms with Crippen molar-refractivity contribution in [3.05, 3.63) is 12.1 Å². The number of methoxy groups -OCH3 is 2. The third-order valence-electron chi connectivity index (χ3n) is 3.45. The fraction of sp³-hybridized carbons (Fsp3) is 0.538. The second kappa shape index (κ2) is 5.88. The van der Waals surface area contributed by atoms with Crippen LogP contribution in [0.3, 0.4) is 0 Å². The van der Waals surface area contributed by atoms with E-state index in [-0.39, 0.29) is 10.6 Å². The maximum Gasteiger partial charge on any atom is 0.246 e. The van der Waals surface area contributed by atoms with E-state index < -0.39 is 10.0 Å². The van der Waals surface area contributed by atoms with Crippen molar-refractivity contribution in [2.24, 2.45) is 0 Å². The molecule has 7 heteroatoms. The Morgan fingerprint density at radius 2 is 1.65 bits per heavy atom. The van der Waals surface area contributed by atoms with Crippen LogP contribution in [0.4, 0.5) is 5.69 Å². The van der Waals surface area contributed by atoms with Gasteiger partial charge in [-0.1, -0.05) is 6.42 Å². The summed E-state index contributed by atoms with van der Waals surface area (Å²) in [5, 5.41) is 0. The summed E-state index contributed by atoms with van der Waals surface area (Å²) in [6.07, 6.45) is 2.83. The number of sulfonamides is 1. The number of rotatable bonds is 4. The highest BCUT2D eigenvalue weighted by Crippen LogP contribution is 2.35. The van der Waals surface area contributed by atoms with Gasteiger partial charge in [0.25, 0.3) is 0 Å². The van der Waals surface area contributed by atoms with E-state index in [4.69, 9.17) is 15.2 Å². The van der Waals surface area contributed by atoms with Crippen LogP contribution in [0.5, 0.6) is 11.5 Å². The van der Waals surface area contributed by atoms with Crippen LogP contribution in [0.25, 0.3) is 0 Å². The number of anilines is 1. The molecule has 0 aliphatic carbocycles. The van der Waals surface area contributed by atoms with E-state index in [2.05, 4.69) is 0 Å². The van der Waals surface area contributed by atoms with Crippen LogP contribution in [0.15, 0.2) is 17.0 Å². The van der Waals surface area contributed by atoms with Crippen molar-refractivity contribution in [2.45, 2.75) is 24.2 Å². The van der Waals surface area contributed by atoms with Crippen molar-refractivity contribution >= 4 is 15.7 Å². The first-order valence-corrected chi connectivity index (χ1v) is 7.96. The molecule has 2 rings (SSSR count). The highest BCUT2D eigenvalue weighted by Gasteiger charge is 2.30. The molecule has 1 saturated heterocycles. The normalized spacial score (nSPS) is 16.9. The molecular formula is C13H20N2O4S. The monoisotopic (exact) mass is 300 g/mol. The highest BCUT2D eigenvalue weighted by molar-refractivity contribution is 7.89. The Morgan fingerprint density at radius 1 is 1.05 bits per heavy atom. The van der Waals surface area contributed by atoms with Crippen LogP contribution in [-0.4, -0.2) is 40.0 Å². The Balaban J connectivity index is 2.49. The molecule has 0 unspecified atom stereocenters. The van der Waals surface area contributed by atoms with Gasteiger partial charge in [-0.3, -0.25) is 0 Å². The van der Waals surface area contributed by atoms with Gasteiger partial charge in [0.2, 0.25) is 10.0 Å². The molecule has 1 aliphatic rings. The van der Waals surface area contributed by atoms with Crippen molar-refractivity contribution in [2.75, 3.05) is 33.0 Å². The van der Waals surface area contributed by atoms with Crippen LogP contribution >= 0.6 is 0 Å². The number of hydrogen-bond acceptors (Lipinski definition) is 5. The second-order valence-corrected chi connectivity index (χ2v) is 6.62. The topological polar surface area (TPSA) is 81.9 Å². The molecular weight excluding hydrogens is 280 g/mol. The molecule has 112 valence electrons. The zero-order valence-corrected chi connectivity index (χ0v) is 12.6. The molecule has 0 atom stereocenters. The lowest BCUT2D eigenvalue weighted by Crippen LogP contribution is -2.35.